The molecule has 6 nitrogen and oxygen atoms in total. The molecule has 0 radical (unpaired) electrons. The molecule has 14 heavy (non-hydrogen) atoms. The van der Waals surface area contributed by atoms with Gasteiger partial charge in [0.1, 0.15) is 12.3 Å². The number of aromatic nitrogens is 3. The van der Waals surface area contributed by atoms with E-state index in [1.165, 1.54) is 16.4 Å². The number of rotatable bonds is 1. The zero-order valence-corrected chi connectivity index (χ0v) is 7.84. The van der Waals surface area contributed by atoms with Crippen molar-refractivity contribution in [3.8, 4) is 0 Å². The standard InChI is InChI=1S/C8H11N3O3/c1-9-7(13)10-4-2-3-6(5-12)11(10)8(9)14/h5-6H,2-4H2,1H3. The zero-order chi connectivity index (χ0) is 10.3. The number of fused-ring (bicyclic) bond motifs is 1. The maximum Gasteiger partial charge on any atom is 0.347 e. The van der Waals surface area contributed by atoms with Gasteiger partial charge >= 0.3 is 11.4 Å². The fourth-order valence-electron chi connectivity index (χ4n) is 1.83. The highest BCUT2D eigenvalue weighted by Crippen LogP contribution is 2.13. The monoisotopic (exact) mass is 197 g/mol. The Morgan fingerprint density at radius 2 is 2.07 bits per heavy atom. The largest absolute Gasteiger partial charge is 0.347 e. The summed E-state index contributed by atoms with van der Waals surface area (Å²) in [5.74, 6) is 0. The number of carbonyl (C=O) groups is 1. The summed E-state index contributed by atoms with van der Waals surface area (Å²) in [5.41, 5.74) is -0.756. The fourth-order valence-corrected chi connectivity index (χ4v) is 1.83. The van der Waals surface area contributed by atoms with Crippen molar-refractivity contribution in [1.29, 1.82) is 0 Å². The van der Waals surface area contributed by atoms with Crippen LogP contribution in [-0.4, -0.2) is 20.2 Å². The SMILES string of the molecule is Cn1c(=O)n2n(c1=O)C(C=O)CCC2. The summed E-state index contributed by atoms with van der Waals surface area (Å²) >= 11 is 0. The molecule has 76 valence electrons. The molecule has 0 N–H and O–H groups in total. The van der Waals surface area contributed by atoms with Crippen LogP contribution >= 0.6 is 0 Å². The van der Waals surface area contributed by atoms with Gasteiger partial charge in [0, 0.05) is 13.6 Å². The second-order valence-corrected chi connectivity index (χ2v) is 3.44. The maximum absolute atomic E-state index is 11.5. The van der Waals surface area contributed by atoms with Crippen molar-refractivity contribution >= 4 is 6.29 Å². The van der Waals surface area contributed by atoms with Gasteiger partial charge in [-0.1, -0.05) is 0 Å². The second-order valence-electron chi connectivity index (χ2n) is 3.44. The summed E-state index contributed by atoms with van der Waals surface area (Å²) in [4.78, 5) is 33.7. The number of hydrogen-bond donors (Lipinski definition) is 0. The van der Waals surface area contributed by atoms with Crippen molar-refractivity contribution in [2.75, 3.05) is 0 Å². The van der Waals surface area contributed by atoms with Crippen LogP contribution in [0.4, 0.5) is 0 Å². The average Bonchev–Trinajstić information content (AvgIpc) is 2.44. The molecule has 1 unspecified atom stereocenters. The van der Waals surface area contributed by atoms with Crippen LogP contribution in [0.15, 0.2) is 9.59 Å². The van der Waals surface area contributed by atoms with Crippen LogP contribution in [0.25, 0.3) is 0 Å². The molecule has 1 aliphatic rings. The predicted octanol–water partition coefficient (Wildman–Crippen LogP) is -1.12. The molecule has 2 heterocycles. The van der Waals surface area contributed by atoms with Crippen LogP contribution in [0, 0.1) is 0 Å². The third-order valence-corrected chi connectivity index (χ3v) is 2.59. The molecule has 1 atom stereocenters. The molecule has 6 heteroatoms. The lowest BCUT2D eigenvalue weighted by Gasteiger charge is -2.20. The van der Waals surface area contributed by atoms with Crippen LogP contribution in [0.5, 0.6) is 0 Å². The Bertz CT molecular complexity index is 479. The summed E-state index contributed by atoms with van der Waals surface area (Å²) in [7, 11) is 1.42. The Hall–Kier alpha value is -1.59. The smallest absolute Gasteiger partial charge is 0.301 e. The minimum atomic E-state index is -0.481. The Morgan fingerprint density at radius 1 is 1.36 bits per heavy atom. The second kappa shape index (κ2) is 2.97. The lowest BCUT2D eigenvalue weighted by atomic mass is 10.1. The van der Waals surface area contributed by atoms with Gasteiger partial charge < -0.3 is 4.79 Å². The predicted molar refractivity (Wildman–Crippen MR) is 48.3 cm³/mol. The third-order valence-electron chi connectivity index (χ3n) is 2.59. The van der Waals surface area contributed by atoms with E-state index in [0.717, 1.165) is 17.3 Å². The summed E-state index contributed by atoms with van der Waals surface area (Å²) in [5, 5.41) is 0. The Kier molecular flexibility index (Phi) is 1.90. The van der Waals surface area contributed by atoms with Gasteiger partial charge in [0.15, 0.2) is 0 Å². The number of nitrogens with zero attached hydrogens (tertiary/aromatic N) is 3. The quantitative estimate of drug-likeness (QED) is 0.536. The Balaban J connectivity index is 2.75. The van der Waals surface area contributed by atoms with E-state index in [0.29, 0.717) is 13.0 Å². The fraction of sp³-hybridized carbons (Fsp3) is 0.625. The van der Waals surface area contributed by atoms with Crippen LogP contribution < -0.4 is 11.4 Å². The van der Waals surface area contributed by atoms with Gasteiger partial charge in [-0.2, -0.15) is 0 Å². The van der Waals surface area contributed by atoms with Gasteiger partial charge in [-0.05, 0) is 12.8 Å². The highest BCUT2D eigenvalue weighted by atomic mass is 16.2. The first-order chi connectivity index (χ1) is 6.66. The van der Waals surface area contributed by atoms with E-state index >= 15 is 0 Å². The summed E-state index contributed by atoms with van der Waals surface area (Å²) < 4.78 is 3.62. The van der Waals surface area contributed by atoms with E-state index in [-0.39, 0.29) is 5.69 Å². The normalized spacial score (nSPS) is 20.5. The molecule has 0 saturated heterocycles. The molecule has 1 aromatic rings. The lowest BCUT2D eigenvalue weighted by molar-refractivity contribution is -0.111. The van der Waals surface area contributed by atoms with Crippen molar-refractivity contribution in [3.63, 3.8) is 0 Å². The first kappa shape index (κ1) is 8.98. The molecule has 0 aromatic carbocycles. The van der Waals surface area contributed by atoms with E-state index in [9.17, 15) is 14.4 Å². The van der Waals surface area contributed by atoms with Gasteiger partial charge in [-0.25, -0.2) is 23.5 Å². The highest BCUT2D eigenvalue weighted by molar-refractivity contribution is 5.55. The van der Waals surface area contributed by atoms with Gasteiger partial charge in [-0.15, -0.1) is 0 Å². The number of hydrogen-bond acceptors (Lipinski definition) is 3. The highest BCUT2D eigenvalue weighted by Gasteiger charge is 2.24. The molecule has 0 amide bonds. The van der Waals surface area contributed by atoms with E-state index in [2.05, 4.69) is 0 Å². The van der Waals surface area contributed by atoms with E-state index in [1.54, 1.807) is 0 Å². The molecule has 0 fully saturated rings. The minimum Gasteiger partial charge on any atom is -0.301 e. The summed E-state index contributed by atoms with van der Waals surface area (Å²) in [6.45, 7) is 0.513. The van der Waals surface area contributed by atoms with Crippen molar-refractivity contribution in [3.05, 3.63) is 21.0 Å². The zero-order valence-electron chi connectivity index (χ0n) is 7.84. The average molecular weight is 197 g/mol. The molecular weight excluding hydrogens is 186 g/mol. The first-order valence-electron chi connectivity index (χ1n) is 4.50. The number of carbonyl (C=O) groups excluding carboxylic acids is 1. The molecular formula is C8H11N3O3. The minimum absolute atomic E-state index is 0.346. The third kappa shape index (κ3) is 0.997. The summed E-state index contributed by atoms with van der Waals surface area (Å²) in [6, 6.07) is -0.481. The first-order valence-corrected chi connectivity index (χ1v) is 4.50. The van der Waals surface area contributed by atoms with Crippen LogP contribution in [-0.2, 0) is 18.4 Å². The van der Waals surface area contributed by atoms with Gasteiger partial charge in [0.05, 0.1) is 0 Å². The molecule has 0 bridgehead atoms. The van der Waals surface area contributed by atoms with Crippen molar-refractivity contribution in [2.24, 2.45) is 7.05 Å². The molecule has 0 saturated carbocycles. The summed E-state index contributed by atoms with van der Waals surface area (Å²) in [6.07, 6.45) is 2.11. The lowest BCUT2D eigenvalue weighted by Crippen LogP contribution is -2.35. The van der Waals surface area contributed by atoms with E-state index in [1.807, 2.05) is 0 Å². The molecule has 1 aromatic heterocycles. The number of aldehydes is 1. The van der Waals surface area contributed by atoms with Crippen molar-refractivity contribution in [1.82, 2.24) is 13.9 Å². The van der Waals surface area contributed by atoms with E-state index < -0.39 is 11.7 Å². The Labute approximate surface area is 79.3 Å². The van der Waals surface area contributed by atoms with Crippen molar-refractivity contribution < 1.29 is 4.79 Å². The van der Waals surface area contributed by atoms with E-state index in [4.69, 9.17) is 0 Å². The molecule has 1 aliphatic heterocycles. The van der Waals surface area contributed by atoms with Crippen LogP contribution in [0.1, 0.15) is 18.9 Å². The van der Waals surface area contributed by atoms with Crippen LogP contribution in [0.2, 0.25) is 0 Å². The molecule has 0 aliphatic carbocycles. The topological polar surface area (TPSA) is 66.0 Å². The van der Waals surface area contributed by atoms with Crippen molar-refractivity contribution in [2.45, 2.75) is 25.4 Å². The van der Waals surface area contributed by atoms with Crippen LogP contribution in [0.3, 0.4) is 0 Å². The maximum atomic E-state index is 11.5. The molecule has 0 spiro atoms. The Morgan fingerprint density at radius 3 is 2.71 bits per heavy atom. The van der Waals surface area contributed by atoms with Gasteiger partial charge in [-0.3, -0.25) is 0 Å². The molecule has 2 rings (SSSR count). The van der Waals surface area contributed by atoms with Gasteiger partial charge in [0.2, 0.25) is 0 Å². The van der Waals surface area contributed by atoms with Gasteiger partial charge in [0.25, 0.3) is 0 Å².